The molecular weight excluding hydrogens is 567 g/mol. The zero-order chi connectivity index (χ0) is 28.3. The summed E-state index contributed by atoms with van der Waals surface area (Å²) in [5.74, 6) is 0.790. The van der Waals surface area contributed by atoms with Crippen LogP contribution in [0.1, 0.15) is 37.5 Å². The molecule has 2 aliphatic rings. The van der Waals surface area contributed by atoms with Gasteiger partial charge in [0.15, 0.2) is 0 Å². The fraction of sp³-hybridized carbons (Fsp3) is 0.310. The van der Waals surface area contributed by atoms with Gasteiger partial charge in [-0.3, -0.25) is 4.98 Å². The van der Waals surface area contributed by atoms with Crippen LogP contribution in [0.15, 0.2) is 55.0 Å². The van der Waals surface area contributed by atoms with Gasteiger partial charge in [0.25, 0.3) is 0 Å². The normalized spacial score (nSPS) is 17.0. The van der Waals surface area contributed by atoms with Crippen molar-refractivity contribution in [2.45, 2.75) is 43.9 Å². The van der Waals surface area contributed by atoms with Gasteiger partial charge in [-0.2, -0.15) is 0 Å². The predicted molar refractivity (Wildman–Crippen MR) is 154 cm³/mol. The first-order valence-corrected chi connectivity index (χ1v) is 15.4. The van der Waals surface area contributed by atoms with Gasteiger partial charge >= 0.3 is 6.01 Å². The third kappa shape index (κ3) is 4.71. The van der Waals surface area contributed by atoms with E-state index in [9.17, 15) is 8.42 Å². The number of aromatic nitrogens is 5. The molecule has 210 valence electrons. The SMILES string of the molecule is Cc1nc2cnc3cc(F)c(-c4ccc(Oc5ncccn5)cc4Cl)cc3c2n1C1CCN(S(=O)(=O)C2CC2)CC1. The number of nitrogens with zero attached hydrogens (tertiary/aromatic N) is 6. The van der Waals surface area contributed by atoms with E-state index in [1.807, 2.05) is 6.92 Å². The van der Waals surface area contributed by atoms with Gasteiger partial charge in [-0.15, -0.1) is 0 Å². The number of hydrogen-bond acceptors (Lipinski definition) is 7. The van der Waals surface area contributed by atoms with Gasteiger partial charge in [0.05, 0.1) is 27.5 Å². The van der Waals surface area contributed by atoms with Crippen molar-refractivity contribution in [1.29, 1.82) is 0 Å². The molecule has 0 unspecified atom stereocenters. The maximum Gasteiger partial charge on any atom is 0.321 e. The highest BCUT2D eigenvalue weighted by Crippen LogP contribution is 2.39. The van der Waals surface area contributed by atoms with Crippen LogP contribution in [0.2, 0.25) is 5.02 Å². The third-order valence-corrected chi connectivity index (χ3v) is 10.6. The molecule has 0 N–H and O–H groups in total. The van der Waals surface area contributed by atoms with E-state index in [1.54, 1.807) is 53.2 Å². The molecule has 7 rings (SSSR count). The summed E-state index contributed by atoms with van der Waals surface area (Å²) in [6.07, 6.45) is 7.67. The van der Waals surface area contributed by atoms with Gasteiger partial charge in [-0.05, 0) is 56.9 Å². The van der Waals surface area contributed by atoms with Crippen molar-refractivity contribution in [2.24, 2.45) is 0 Å². The van der Waals surface area contributed by atoms with Crippen LogP contribution in [-0.2, 0) is 10.0 Å². The number of hydrogen-bond donors (Lipinski definition) is 0. The predicted octanol–water partition coefficient (Wildman–Crippen LogP) is 6.06. The number of ether oxygens (including phenoxy) is 1. The van der Waals surface area contributed by atoms with Gasteiger partial charge < -0.3 is 9.30 Å². The van der Waals surface area contributed by atoms with Gasteiger partial charge in [-0.1, -0.05) is 11.6 Å². The Hall–Kier alpha value is -3.67. The lowest BCUT2D eigenvalue weighted by atomic mass is 10.0. The lowest BCUT2D eigenvalue weighted by molar-refractivity contribution is 0.275. The quantitative estimate of drug-likeness (QED) is 0.236. The van der Waals surface area contributed by atoms with Crippen LogP contribution in [0.4, 0.5) is 4.39 Å². The molecule has 0 radical (unpaired) electrons. The van der Waals surface area contributed by atoms with Crippen LogP contribution >= 0.6 is 11.6 Å². The van der Waals surface area contributed by atoms with Crippen molar-refractivity contribution >= 4 is 43.6 Å². The van der Waals surface area contributed by atoms with E-state index in [0.717, 1.165) is 29.6 Å². The molecule has 0 spiro atoms. The molecule has 1 saturated carbocycles. The number of halogens is 2. The van der Waals surface area contributed by atoms with E-state index in [4.69, 9.17) is 21.3 Å². The molecule has 41 heavy (non-hydrogen) atoms. The zero-order valence-electron chi connectivity index (χ0n) is 22.2. The standard InChI is InChI=1S/C29H26ClFN6O3S/c1-17-35-27-16-34-26-15-25(31)22(21-6-3-19(13-24(21)30)40-29-32-9-2-10-33-29)14-23(26)28(27)37(17)18-7-11-36(12-8-18)41(38,39)20-4-5-20/h2-3,6,9-10,13-16,18,20H,4-5,7-8,11-12H2,1H3. The lowest BCUT2D eigenvalue weighted by Crippen LogP contribution is -2.40. The number of sulfonamides is 1. The average molecular weight is 593 g/mol. The number of benzene rings is 2. The lowest BCUT2D eigenvalue weighted by Gasteiger charge is -2.33. The van der Waals surface area contributed by atoms with Crippen LogP contribution in [0.25, 0.3) is 33.1 Å². The zero-order valence-corrected chi connectivity index (χ0v) is 23.7. The molecule has 0 bridgehead atoms. The van der Waals surface area contributed by atoms with E-state index in [-0.39, 0.29) is 17.3 Å². The maximum atomic E-state index is 15.5. The second kappa shape index (κ2) is 10.0. The van der Waals surface area contributed by atoms with E-state index >= 15 is 4.39 Å². The molecule has 12 heteroatoms. The molecule has 9 nitrogen and oxygen atoms in total. The largest absolute Gasteiger partial charge is 0.424 e. The van der Waals surface area contributed by atoms with Crippen LogP contribution in [0.5, 0.6) is 11.8 Å². The van der Waals surface area contributed by atoms with Crippen molar-refractivity contribution in [2.75, 3.05) is 13.1 Å². The molecule has 2 fully saturated rings. The second-order valence-corrected chi connectivity index (χ2v) is 13.1. The number of pyridine rings is 1. The van der Waals surface area contributed by atoms with Crippen molar-refractivity contribution in [3.05, 3.63) is 71.7 Å². The topological polar surface area (TPSA) is 103 Å². The number of aryl methyl sites for hydroxylation is 1. The van der Waals surface area contributed by atoms with Crippen LogP contribution < -0.4 is 4.74 Å². The molecule has 2 aromatic carbocycles. The van der Waals surface area contributed by atoms with E-state index < -0.39 is 15.8 Å². The van der Waals surface area contributed by atoms with Crippen LogP contribution in [0.3, 0.4) is 0 Å². The highest BCUT2D eigenvalue weighted by Gasteiger charge is 2.41. The molecular formula is C29H26ClFN6O3S. The van der Waals surface area contributed by atoms with E-state index in [0.29, 0.717) is 58.9 Å². The van der Waals surface area contributed by atoms with Crippen molar-refractivity contribution in [1.82, 2.24) is 28.8 Å². The molecule has 0 atom stereocenters. The highest BCUT2D eigenvalue weighted by atomic mass is 35.5. The number of rotatable bonds is 6. The van der Waals surface area contributed by atoms with E-state index in [2.05, 4.69) is 19.5 Å². The smallest absolute Gasteiger partial charge is 0.321 e. The summed E-state index contributed by atoms with van der Waals surface area (Å²) in [5, 5.41) is 0.852. The maximum absolute atomic E-state index is 15.5. The Morgan fingerprint density at radius 2 is 1.73 bits per heavy atom. The minimum absolute atomic E-state index is 0.0602. The first kappa shape index (κ1) is 26.2. The van der Waals surface area contributed by atoms with Crippen LogP contribution in [-0.4, -0.2) is 55.6 Å². The summed E-state index contributed by atoms with van der Waals surface area (Å²) in [4.78, 5) is 17.4. The molecule has 1 saturated heterocycles. The average Bonchev–Trinajstić information content (AvgIpc) is 3.77. The van der Waals surface area contributed by atoms with Crippen LogP contribution in [0, 0.1) is 12.7 Å². The monoisotopic (exact) mass is 592 g/mol. The summed E-state index contributed by atoms with van der Waals surface area (Å²) in [5.41, 5.74) is 2.90. The summed E-state index contributed by atoms with van der Waals surface area (Å²) >= 11 is 6.63. The third-order valence-electron chi connectivity index (χ3n) is 7.86. The Balaban J connectivity index is 1.26. The molecule has 0 amide bonds. The van der Waals surface area contributed by atoms with Crippen molar-refractivity contribution < 1.29 is 17.5 Å². The van der Waals surface area contributed by atoms with E-state index in [1.165, 1.54) is 6.07 Å². The highest BCUT2D eigenvalue weighted by molar-refractivity contribution is 7.90. The summed E-state index contributed by atoms with van der Waals surface area (Å²) in [6, 6.07) is 10.1. The van der Waals surface area contributed by atoms with Crippen molar-refractivity contribution in [3.8, 4) is 22.9 Å². The Labute approximate surface area is 241 Å². The fourth-order valence-electron chi connectivity index (χ4n) is 5.72. The Morgan fingerprint density at radius 1 is 0.976 bits per heavy atom. The fourth-order valence-corrected chi connectivity index (χ4v) is 7.87. The van der Waals surface area contributed by atoms with Crippen molar-refractivity contribution in [3.63, 3.8) is 0 Å². The number of imidazole rings is 1. The molecule has 1 aliphatic carbocycles. The first-order chi connectivity index (χ1) is 19.8. The minimum Gasteiger partial charge on any atom is -0.424 e. The Bertz CT molecular complexity index is 1910. The van der Waals surface area contributed by atoms with Gasteiger partial charge in [-0.25, -0.2) is 32.1 Å². The van der Waals surface area contributed by atoms with Gasteiger partial charge in [0.1, 0.15) is 22.9 Å². The Kier molecular flexibility index (Phi) is 6.40. The second-order valence-electron chi connectivity index (χ2n) is 10.5. The molecule has 5 aromatic rings. The van der Waals surface area contributed by atoms with Gasteiger partial charge in [0.2, 0.25) is 10.0 Å². The first-order valence-electron chi connectivity index (χ1n) is 13.5. The Morgan fingerprint density at radius 3 is 2.44 bits per heavy atom. The molecule has 4 heterocycles. The summed E-state index contributed by atoms with van der Waals surface area (Å²) in [7, 11) is -3.21. The summed E-state index contributed by atoms with van der Waals surface area (Å²) < 4.78 is 50.5. The van der Waals surface area contributed by atoms with Gasteiger partial charge in [0, 0.05) is 60.2 Å². The number of piperidine rings is 1. The minimum atomic E-state index is -3.21. The molecule has 3 aromatic heterocycles. The number of fused-ring (bicyclic) bond motifs is 3. The summed E-state index contributed by atoms with van der Waals surface area (Å²) in [6.45, 7) is 2.89. The molecule has 1 aliphatic heterocycles.